The lowest BCUT2D eigenvalue weighted by Gasteiger charge is -2.40. The van der Waals surface area contributed by atoms with Gasteiger partial charge in [-0.1, -0.05) is 79.1 Å². The Balaban J connectivity index is 1.55. The predicted molar refractivity (Wildman–Crippen MR) is 140 cm³/mol. The Kier molecular flexibility index (Phi) is 15.2. The van der Waals surface area contributed by atoms with Crippen LogP contribution in [0.2, 0.25) is 0 Å². The molecule has 0 bridgehead atoms. The molecule has 0 spiro atoms. The van der Waals surface area contributed by atoms with E-state index < -0.39 is 0 Å². The molecule has 3 heteroatoms. The van der Waals surface area contributed by atoms with Crippen LogP contribution < -0.4 is 5.32 Å². The molecule has 2 unspecified atom stereocenters. The van der Waals surface area contributed by atoms with Crippen LogP contribution in [-0.4, -0.2) is 49.3 Å². The molecular weight excluding hydrogens is 392 g/mol. The van der Waals surface area contributed by atoms with Gasteiger partial charge in [-0.3, -0.25) is 0 Å². The molecule has 1 aliphatic heterocycles. The molecule has 3 nitrogen and oxygen atoms in total. The molecule has 2 rings (SSSR count). The second-order valence-electron chi connectivity index (χ2n) is 11.1. The quantitative estimate of drug-likeness (QED) is 0.205. The summed E-state index contributed by atoms with van der Waals surface area (Å²) in [5.74, 6) is 1.73. The van der Waals surface area contributed by atoms with Crippen molar-refractivity contribution in [3.8, 4) is 0 Å². The third kappa shape index (κ3) is 11.3. The summed E-state index contributed by atoms with van der Waals surface area (Å²) in [4.78, 5) is 2.77. The summed E-state index contributed by atoms with van der Waals surface area (Å²) in [6, 6.07) is 1.43. The lowest BCUT2D eigenvalue weighted by Crippen LogP contribution is -2.49. The highest BCUT2D eigenvalue weighted by molar-refractivity contribution is 4.88. The van der Waals surface area contributed by atoms with Crippen molar-refractivity contribution >= 4 is 0 Å². The predicted octanol–water partition coefficient (Wildman–Crippen LogP) is 7.58. The van der Waals surface area contributed by atoms with Gasteiger partial charge >= 0.3 is 0 Å². The number of rotatable bonds is 19. The lowest BCUT2D eigenvalue weighted by molar-refractivity contribution is -0.0429. The summed E-state index contributed by atoms with van der Waals surface area (Å²) < 4.78 is 6.34. The minimum Gasteiger partial charge on any atom is -0.378 e. The summed E-state index contributed by atoms with van der Waals surface area (Å²) in [7, 11) is 0. The molecule has 0 aromatic rings. The Morgan fingerprint density at radius 3 is 2.06 bits per heavy atom. The van der Waals surface area contributed by atoms with Crippen molar-refractivity contribution < 1.29 is 4.74 Å². The highest BCUT2D eigenvalue weighted by Gasteiger charge is 2.32. The zero-order valence-corrected chi connectivity index (χ0v) is 22.4. The van der Waals surface area contributed by atoms with Crippen molar-refractivity contribution in [1.29, 1.82) is 0 Å². The van der Waals surface area contributed by atoms with Gasteiger partial charge in [0.2, 0.25) is 0 Å². The van der Waals surface area contributed by atoms with Gasteiger partial charge in [-0.15, -0.1) is 0 Å². The Labute approximate surface area is 201 Å². The number of unbranched alkanes of at least 4 members (excludes halogenated alkanes) is 5. The summed E-state index contributed by atoms with van der Waals surface area (Å²) in [6.07, 6.45) is 22.2. The van der Waals surface area contributed by atoms with Gasteiger partial charge in [-0.25, -0.2) is 0 Å². The number of ether oxygens (including phenoxy) is 1. The van der Waals surface area contributed by atoms with E-state index in [0.717, 1.165) is 24.5 Å². The Bertz CT molecular complexity index is 429. The molecule has 190 valence electrons. The van der Waals surface area contributed by atoms with Gasteiger partial charge in [0, 0.05) is 25.2 Å². The van der Waals surface area contributed by atoms with E-state index in [1.807, 2.05) is 0 Å². The lowest BCUT2D eigenvalue weighted by atomic mass is 9.87. The molecule has 2 atom stereocenters. The van der Waals surface area contributed by atoms with E-state index in [4.69, 9.17) is 4.74 Å². The van der Waals surface area contributed by atoms with Gasteiger partial charge in [0.1, 0.15) is 0 Å². The van der Waals surface area contributed by atoms with Crippen LogP contribution in [-0.2, 0) is 4.74 Å². The van der Waals surface area contributed by atoms with Crippen LogP contribution in [0.15, 0.2) is 0 Å². The molecule has 1 heterocycles. The van der Waals surface area contributed by atoms with Gasteiger partial charge in [-0.2, -0.15) is 0 Å². The molecular formula is C29H58N2O. The fourth-order valence-corrected chi connectivity index (χ4v) is 5.69. The van der Waals surface area contributed by atoms with Crippen LogP contribution in [0.3, 0.4) is 0 Å². The highest BCUT2D eigenvalue weighted by atomic mass is 16.5. The molecule has 0 aromatic carbocycles. The van der Waals surface area contributed by atoms with Gasteiger partial charge < -0.3 is 15.0 Å². The standard InChI is InChI=1S/C29H58N2O/c1-5-9-12-15-25(14-11-7-3)23-31-19-17-26(18-20-31)24-32-29-21-28(22-29)30-27(8-4)16-13-10-6-2/h25-30H,5-24H2,1-4H3. The average molecular weight is 451 g/mol. The van der Waals surface area contributed by atoms with Crippen LogP contribution in [0.4, 0.5) is 0 Å². The maximum Gasteiger partial charge on any atom is 0.0605 e. The number of hydrogen-bond donors (Lipinski definition) is 1. The van der Waals surface area contributed by atoms with Gasteiger partial charge in [-0.05, 0) is 76.3 Å². The van der Waals surface area contributed by atoms with Crippen LogP contribution >= 0.6 is 0 Å². The largest absolute Gasteiger partial charge is 0.378 e. The Hall–Kier alpha value is -0.120. The van der Waals surface area contributed by atoms with E-state index in [9.17, 15) is 0 Å². The van der Waals surface area contributed by atoms with Crippen LogP contribution in [0.5, 0.6) is 0 Å². The number of nitrogens with zero attached hydrogens (tertiary/aromatic N) is 1. The molecule has 1 saturated carbocycles. The maximum absolute atomic E-state index is 6.34. The van der Waals surface area contributed by atoms with Crippen molar-refractivity contribution in [2.75, 3.05) is 26.2 Å². The van der Waals surface area contributed by atoms with E-state index in [1.165, 1.54) is 122 Å². The number of nitrogens with one attached hydrogen (secondary N) is 1. The molecule has 2 fully saturated rings. The molecule has 0 aromatic heterocycles. The molecule has 1 saturated heterocycles. The van der Waals surface area contributed by atoms with E-state index in [2.05, 4.69) is 37.9 Å². The normalized spacial score (nSPS) is 24.4. The number of hydrogen-bond acceptors (Lipinski definition) is 3. The van der Waals surface area contributed by atoms with Crippen molar-refractivity contribution in [2.24, 2.45) is 11.8 Å². The number of piperidine rings is 1. The molecule has 0 radical (unpaired) electrons. The minimum absolute atomic E-state index is 0.524. The minimum atomic E-state index is 0.524. The van der Waals surface area contributed by atoms with Crippen molar-refractivity contribution in [2.45, 2.75) is 149 Å². The van der Waals surface area contributed by atoms with Crippen LogP contribution in [0, 0.1) is 11.8 Å². The summed E-state index contributed by atoms with van der Waals surface area (Å²) in [5.41, 5.74) is 0. The molecule has 2 aliphatic rings. The first kappa shape index (κ1) is 28.1. The summed E-state index contributed by atoms with van der Waals surface area (Å²) in [6.45, 7) is 14.3. The van der Waals surface area contributed by atoms with E-state index >= 15 is 0 Å². The average Bonchev–Trinajstić information content (AvgIpc) is 2.78. The van der Waals surface area contributed by atoms with E-state index in [-0.39, 0.29) is 0 Å². The highest BCUT2D eigenvalue weighted by Crippen LogP contribution is 2.28. The van der Waals surface area contributed by atoms with Crippen LogP contribution in [0.1, 0.15) is 130 Å². The van der Waals surface area contributed by atoms with Crippen molar-refractivity contribution in [3.05, 3.63) is 0 Å². The van der Waals surface area contributed by atoms with Crippen molar-refractivity contribution in [1.82, 2.24) is 10.2 Å². The second-order valence-corrected chi connectivity index (χ2v) is 11.1. The third-order valence-corrected chi connectivity index (χ3v) is 8.19. The fourth-order valence-electron chi connectivity index (χ4n) is 5.69. The zero-order valence-electron chi connectivity index (χ0n) is 22.4. The van der Waals surface area contributed by atoms with Crippen LogP contribution in [0.25, 0.3) is 0 Å². The Morgan fingerprint density at radius 1 is 0.812 bits per heavy atom. The molecule has 0 amide bonds. The fraction of sp³-hybridized carbons (Fsp3) is 1.00. The first-order valence-electron chi connectivity index (χ1n) is 14.8. The molecule has 1 aliphatic carbocycles. The zero-order chi connectivity index (χ0) is 23.0. The van der Waals surface area contributed by atoms with Gasteiger partial charge in [0.15, 0.2) is 0 Å². The maximum atomic E-state index is 6.34. The van der Waals surface area contributed by atoms with Crippen molar-refractivity contribution in [3.63, 3.8) is 0 Å². The second kappa shape index (κ2) is 17.3. The Morgan fingerprint density at radius 2 is 1.44 bits per heavy atom. The first-order chi connectivity index (χ1) is 15.7. The third-order valence-electron chi connectivity index (χ3n) is 8.19. The molecule has 1 N–H and O–H groups in total. The topological polar surface area (TPSA) is 24.5 Å². The summed E-state index contributed by atoms with van der Waals surface area (Å²) in [5, 5.41) is 3.90. The van der Waals surface area contributed by atoms with Gasteiger partial charge in [0.25, 0.3) is 0 Å². The SMILES string of the molecule is CCCCCC(CCCC)CN1CCC(COC2CC(NC(CC)CCCCC)C2)CC1. The first-order valence-corrected chi connectivity index (χ1v) is 14.8. The molecule has 32 heavy (non-hydrogen) atoms. The van der Waals surface area contributed by atoms with Gasteiger partial charge in [0.05, 0.1) is 6.10 Å². The summed E-state index contributed by atoms with van der Waals surface area (Å²) >= 11 is 0. The van der Waals surface area contributed by atoms with E-state index in [1.54, 1.807) is 0 Å². The monoisotopic (exact) mass is 450 g/mol. The van der Waals surface area contributed by atoms with E-state index in [0.29, 0.717) is 12.1 Å². The smallest absolute Gasteiger partial charge is 0.0605 e. The number of likely N-dealkylation sites (tertiary alicyclic amines) is 1.